The molecule has 1 aliphatic rings. The predicted octanol–water partition coefficient (Wildman–Crippen LogP) is 6.76. The van der Waals surface area contributed by atoms with Gasteiger partial charge < -0.3 is 4.74 Å². The van der Waals surface area contributed by atoms with Crippen LogP contribution in [-0.2, 0) is 0 Å². The summed E-state index contributed by atoms with van der Waals surface area (Å²) >= 11 is 0. The SMILES string of the molecule is CCCCOc1ccc(/C=C/C2CCC(CCC)CC2)c(F)c1F. The molecule has 0 spiro atoms. The Labute approximate surface area is 145 Å². The Morgan fingerprint density at radius 1 is 1.04 bits per heavy atom. The van der Waals surface area contributed by atoms with Gasteiger partial charge in [-0.25, -0.2) is 4.39 Å². The van der Waals surface area contributed by atoms with Crippen LogP contribution in [0.2, 0.25) is 0 Å². The summed E-state index contributed by atoms with van der Waals surface area (Å²) in [5.74, 6) is -0.326. The summed E-state index contributed by atoms with van der Waals surface area (Å²) in [4.78, 5) is 0. The van der Waals surface area contributed by atoms with E-state index < -0.39 is 11.6 Å². The quantitative estimate of drug-likeness (QED) is 0.476. The van der Waals surface area contributed by atoms with E-state index in [1.54, 1.807) is 12.1 Å². The molecule has 134 valence electrons. The van der Waals surface area contributed by atoms with Crippen LogP contribution in [0.3, 0.4) is 0 Å². The van der Waals surface area contributed by atoms with Crippen molar-refractivity contribution in [2.24, 2.45) is 11.8 Å². The fourth-order valence-corrected chi connectivity index (χ4v) is 3.43. The highest BCUT2D eigenvalue weighted by Crippen LogP contribution is 2.33. The molecule has 0 heterocycles. The normalized spacial score (nSPS) is 21.3. The van der Waals surface area contributed by atoms with E-state index in [1.807, 2.05) is 6.92 Å². The topological polar surface area (TPSA) is 9.23 Å². The first kappa shape index (κ1) is 19.0. The van der Waals surface area contributed by atoms with Gasteiger partial charge in [-0.15, -0.1) is 0 Å². The molecule has 0 N–H and O–H groups in total. The Balaban J connectivity index is 1.94. The second-order valence-electron chi connectivity index (χ2n) is 6.91. The van der Waals surface area contributed by atoms with Crippen molar-refractivity contribution >= 4 is 6.08 Å². The van der Waals surface area contributed by atoms with E-state index in [4.69, 9.17) is 4.74 Å². The van der Waals surface area contributed by atoms with Gasteiger partial charge in [0.2, 0.25) is 5.82 Å². The molecule has 1 aromatic carbocycles. The maximum atomic E-state index is 14.2. The van der Waals surface area contributed by atoms with Crippen LogP contribution in [0.15, 0.2) is 18.2 Å². The van der Waals surface area contributed by atoms with Crippen LogP contribution in [0.25, 0.3) is 6.08 Å². The van der Waals surface area contributed by atoms with E-state index in [9.17, 15) is 8.78 Å². The van der Waals surface area contributed by atoms with Crippen LogP contribution in [0.1, 0.15) is 70.8 Å². The molecule has 0 amide bonds. The van der Waals surface area contributed by atoms with Gasteiger partial charge in [-0.05, 0) is 56.1 Å². The number of rotatable bonds is 8. The van der Waals surface area contributed by atoms with Crippen molar-refractivity contribution in [3.8, 4) is 5.75 Å². The lowest BCUT2D eigenvalue weighted by Gasteiger charge is -2.26. The first-order chi connectivity index (χ1) is 11.7. The molecule has 3 heteroatoms. The molecule has 1 saturated carbocycles. The molecule has 0 aromatic heterocycles. The molecule has 0 saturated heterocycles. The van der Waals surface area contributed by atoms with Gasteiger partial charge in [-0.2, -0.15) is 4.39 Å². The van der Waals surface area contributed by atoms with Crippen molar-refractivity contribution in [3.63, 3.8) is 0 Å². The zero-order valence-electron chi connectivity index (χ0n) is 15.0. The number of benzene rings is 1. The fourth-order valence-electron chi connectivity index (χ4n) is 3.43. The van der Waals surface area contributed by atoms with Crippen LogP contribution in [-0.4, -0.2) is 6.61 Å². The van der Waals surface area contributed by atoms with E-state index in [-0.39, 0.29) is 5.75 Å². The lowest BCUT2D eigenvalue weighted by atomic mass is 9.80. The van der Waals surface area contributed by atoms with Gasteiger partial charge >= 0.3 is 0 Å². The second kappa shape index (κ2) is 9.80. The fraction of sp³-hybridized carbons (Fsp3) is 0.619. The lowest BCUT2D eigenvalue weighted by molar-refractivity contribution is 0.288. The molecule has 1 aromatic rings. The van der Waals surface area contributed by atoms with Crippen molar-refractivity contribution in [3.05, 3.63) is 35.4 Å². The van der Waals surface area contributed by atoms with Crippen molar-refractivity contribution in [1.29, 1.82) is 0 Å². The number of allylic oxidation sites excluding steroid dienone is 1. The summed E-state index contributed by atoms with van der Waals surface area (Å²) in [6.45, 7) is 4.69. The monoisotopic (exact) mass is 336 g/mol. The van der Waals surface area contributed by atoms with Gasteiger partial charge in [-0.1, -0.05) is 45.3 Å². The molecular formula is C21H30F2O. The minimum absolute atomic E-state index is 0.0122. The molecular weight excluding hydrogens is 306 g/mol. The summed E-state index contributed by atoms with van der Waals surface area (Å²) in [6, 6.07) is 3.14. The average Bonchev–Trinajstić information content (AvgIpc) is 2.60. The van der Waals surface area contributed by atoms with E-state index in [0.29, 0.717) is 18.1 Å². The highest BCUT2D eigenvalue weighted by Gasteiger charge is 2.19. The summed E-state index contributed by atoms with van der Waals surface area (Å²) in [5, 5.41) is 0. The van der Waals surface area contributed by atoms with E-state index in [2.05, 4.69) is 13.0 Å². The highest BCUT2D eigenvalue weighted by atomic mass is 19.2. The van der Waals surface area contributed by atoms with Gasteiger partial charge in [-0.3, -0.25) is 0 Å². The molecule has 1 fully saturated rings. The number of ether oxygens (including phenoxy) is 1. The zero-order chi connectivity index (χ0) is 17.4. The molecule has 2 rings (SSSR count). The zero-order valence-corrected chi connectivity index (χ0v) is 15.0. The standard InChI is InChI=1S/C21H30F2O/c1-3-5-15-24-19-14-13-18(20(22)21(19)23)12-11-17-9-7-16(6-4-2)8-10-17/h11-14,16-17H,3-10,15H2,1-2H3/b12-11+. The van der Waals surface area contributed by atoms with Crippen molar-refractivity contribution in [1.82, 2.24) is 0 Å². The summed E-state index contributed by atoms with van der Waals surface area (Å²) in [7, 11) is 0. The van der Waals surface area contributed by atoms with Crippen molar-refractivity contribution < 1.29 is 13.5 Å². The van der Waals surface area contributed by atoms with Crippen LogP contribution < -0.4 is 4.74 Å². The highest BCUT2D eigenvalue weighted by molar-refractivity contribution is 5.52. The Morgan fingerprint density at radius 2 is 1.79 bits per heavy atom. The third kappa shape index (κ3) is 5.32. The number of halogens is 2. The molecule has 0 aliphatic heterocycles. The number of hydrogen-bond donors (Lipinski definition) is 0. The molecule has 1 nitrogen and oxygen atoms in total. The summed E-state index contributed by atoms with van der Waals surface area (Å²) in [5.41, 5.74) is 0.311. The Kier molecular flexibility index (Phi) is 7.74. The smallest absolute Gasteiger partial charge is 0.201 e. The van der Waals surface area contributed by atoms with Crippen LogP contribution in [0.4, 0.5) is 8.78 Å². The van der Waals surface area contributed by atoms with Gasteiger partial charge in [0.15, 0.2) is 11.6 Å². The van der Waals surface area contributed by atoms with Gasteiger partial charge in [0, 0.05) is 5.56 Å². The first-order valence-electron chi connectivity index (χ1n) is 9.44. The van der Waals surface area contributed by atoms with E-state index in [1.165, 1.54) is 31.7 Å². The Hall–Kier alpha value is -1.38. The second-order valence-corrected chi connectivity index (χ2v) is 6.91. The Bertz CT molecular complexity index is 531. The molecule has 0 atom stereocenters. The lowest BCUT2D eigenvalue weighted by Crippen LogP contribution is -2.12. The van der Waals surface area contributed by atoms with Crippen LogP contribution >= 0.6 is 0 Å². The van der Waals surface area contributed by atoms with Gasteiger partial charge in [0.25, 0.3) is 0 Å². The molecule has 24 heavy (non-hydrogen) atoms. The maximum absolute atomic E-state index is 14.2. The number of hydrogen-bond acceptors (Lipinski definition) is 1. The van der Waals surface area contributed by atoms with Crippen LogP contribution in [0.5, 0.6) is 5.75 Å². The first-order valence-corrected chi connectivity index (χ1v) is 9.44. The molecule has 0 unspecified atom stereocenters. The predicted molar refractivity (Wildman–Crippen MR) is 96.2 cm³/mol. The molecule has 0 radical (unpaired) electrons. The summed E-state index contributed by atoms with van der Waals surface area (Å²) in [6.07, 6.45) is 13.0. The minimum atomic E-state index is -0.875. The van der Waals surface area contributed by atoms with Crippen molar-refractivity contribution in [2.75, 3.05) is 6.61 Å². The molecule has 1 aliphatic carbocycles. The minimum Gasteiger partial charge on any atom is -0.490 e. The maximum Gasteiger partial charge on any atom is 0.201 e. The van der Waals surface area contributed by atoms with Crippen LogP contribution in [0, 0.1) is 23.5 Å². The largest absolute Gasteiger partial charge is 0.490 e. The van der Waals surface area contributed by atoms with Gasteiger partial charge in [0.1, 0.15) is 0 Å². The summed E-state index contributed by atoms with van der Waals surface area (Å²) < 4.78 is 33.5. The number of unbranched alkanes of at least 4 members (excludes halogenated alkanes) is 1. The van der Waals surface area contributed by atoms with E-state index in [0.717, 1.165) is 31.6 Å². The third-order valence-electron chi connectivity index (χ3n) is 4.97. The third-order valence-corrected chi connectivity index (χ3v) is 4.97. The average molecular weight is 336 g/mol. The van der Waals surface area contributed by atoms with Crippen molar-refractivity contribution in [2.45, 2.75) is 65.2 Å². The Morgan fingerprint density at radius 3 is 2.46 bits per heavy atom. The van der Waals surface area contributed by atoms with Gasteiger partial charge in [0.05, 0.1) is 6.61 Å². The molecule has 0 bridgehead atoms. The van der Waals surface area contributed by atoms with E-state index >= 15 is 0 Å².